The van der Waals surface area contributed by atoms with E-state index >= 15 is 0 Å². The van der Waals surface area contributed by atoms with Crippen molar-refractivity contribution in [2.24, 2.45) is 5.73 Å². The highest BCUT2D eigenvalue weighted by atomic mass is 16.5. The van der Waals surface area contributed by atoms with Gasteiger partial charge < -0.3 is 10.5 Å². The molecule has 4 heteroatoms. The molecule has 0 bridgehead atoms. The van der Waals surface area contributed by atoms with Crippen LogP contribution in [-0.2, 0) is 4.74 Å². The Morgan fingerprint density at radius 2 is 2.00 bits per heavy atom. The van der Waals surface area contributed by atoms with E-state index in [1.165, 1.54) is 0 Å². The van der Waals surface area contributed by atoms with Crippen LogP contribution in [0.15, 0.2) is 0 Å². The summed E-state index contributed by atoms with van der Waals surface area (Å²) in [6, 6.07) is 2.13. The van der Waals surface area contributed by atoms with E-state index < -0.39 is 5.54 Å². The summed E-state index contributed by atoms with van der Waals surface area (Å²) in [7, 11) is 0. The molecule has 1 fully saturated rings. The van der Waals surface area contributed by atoms with Crippen molar-refractivity contribution in [1.29, 1.82) is 5.26 Å². The number of ether oxygens (including phenoxy) is 1. The molecule has 1 aliphatic heterocycles. The predicted octanol–water partition coefficient (Wildman–Crippen LogP) is 1.12. The summed E-state index contributed by atoms with van der Waals surface area (Å²) in [5.41, 5.74) is 5.10. The van der Waals surface area contributed by atoms with Gasteiger partial charge in [-0.25, -0.2) is 0 Å². The summed E-state index contributed by atoms with van der Waals surface area (Å²) in [6.45, 7) is 8.97. The van der Waals surface area contributed by atoms with Crippen LogP contribution in [0.2, 0.25) is 0 Å². The van der Waals surface area contributed by atoms with Crippen molar-refractivity contribution in [1.82, 2.24) is 4.90 Å². The lowest BCUT2D eigenvalue weighted by Gasteiger charge is -2.35. The van der Waals surface area contributed by atoms with Gasteiger partial charge in [-0.2, -0.15) is 5.26 Å². The van der Waals surface area contributed by atoms with E-state index in [0.29, 0.717) is 12.2 Å². The van der Waals surface area contributed by atoms with Crippen molar-refractivity contribution in [3.8, 4) is 6.07 Å². The van der Waals surface area contributed by atoms with E-state index in [0.717, 1.165) is 32.5 Å². The van der Waals surface area contributed by atoms with Crippen LogP contribution in [0.1, 0.15) is 33.6 Å². The lowest BCUT2D eigenvalue weighted by atomic mass is 9.99. The number of nitriles is 1. The van der Waals surface area contributed by atoms with E-state index in [2.05, 4.69) is 24.8 Å². The normalized spacial score (nSPS) is 30.7. The van der Waals surface area contributed by atoms with Gasteiger partial charge in [-0.15, -0.1) is 0 Å². The monoisotopic (exact) mass is 225 g/mol. The molecule has 0 spiro atoms. The molecule has 92 valence electrons. The molecule has 0 amide bonds. The summed E-state index contributed by atoms with van der Waals surface area (Å²) in [6.07, 6.45) is 2.34. The van der Waals surface area contributed by atoms with Crippen molar-refractivity contribution in [2.45, 2.75) is 51.4 Å². The summed E-state index contributed by atoms with van der Waals surface area (Å²) < 4.78 is 5.67. The first-order valence-corrected chi connectivity index (χ1v) is 6.01. The molecule has 1 rings (SSSR count). The van der Waals surface area contributed by atoms with Gasteiger partial charge in [0.25, 0.3) is 0 Å². The topological polar surface area (TPSA) is 62.3 Å². The second-order valence-electron chi connectivity index (χ2n) is 5.15. The lowest BCUT2D eigenvalue weighted by molar-refractivity contribution is -0.0682. The van der Waals surface area contributed by atoms with E-state index in [9.17, 15) is 0 Å². The maximum Gasteiger partial charge on any atom is 0.101 e. The van der Waals surface area contributed by atoms with Crippen LogP contribution in [0.5, 0.6) is 0 Å². The van der Waals surface area contributed by atoms with E-state index in [1.54, 1.807) is 6.92 Å². The van der Waals surface area contributed by atoms with Crippen molar-refractivity contribution < 1.29 is 4.74 Å². The van der Waals surface area contributed by atoms with Crippen LogP contribution in [0.25, 0.3) is 0 Å². The molecular formula is C12H23N3O. The molecule has 0 aromatic heterocycles. The minimum Gasteiger partial charge on any atom is -0.373 e. The molecule has 1 aliphatic rings. The van der Waals surface area contributed by atoms with Crippen LogP contribution < -0.4 is 5.73 Å². The van der Waals surface area contributed by atoms with Crippen molar-refractivity contribution in [3.63, 3.8) is 0 Å². The smallest absolute Gasteiger partial charge is 0.101 e. The second-order valence-corrected chi connectivity index (χ2v) is 5.15. The molecule has 2 N–H and O–H groups in total. The largest absolute Gasteiger partial charge is 0.373 e. The summed E-state index contributed by atoms with van der Waals surface area (Å²) in [4.78, 5) is 2.40. The average molecular weight is 225 g/mol. The first-order chi connectivity index (χ1) is 7.43. The Hall–Kier alpha value is -0.630. The van der Waals surface area contributed by atoms with Gasteiger partial charge in [-0.1, -0.05) is 0 Å². The molecule has 1 unspecified atom stereocenters. The van der Waals surface area contributed by atoms with Gasteiger partial charge in [0, 0.05) is 13.1 Å². The molecule has 0 aromatic carbocycles. The van der Waals surface area contributed by atoms with Crippen molar-refractivity contribution in [3.05, 3.63) is 0 Å². The highest BCUT2D eigenvalue weighted by molar-refractivity contribution is 5.00. The zero-order chi connectivity index (χ0) is 12.2. The Kier molecular flexibility index (Phi) is 4.72. The molecule has 1 heterocycles. The molecule has 16 heavy (non-hydrogen) atoms. The number of nitrogens with two attached hydrogens (primary N) is 1. The first kappa shape index (κ1) is 13.4. The molecule has 0 aromatic rings. The molecule has 1 saturated heterocycles. The Balaban J connectivity index is 2.25. The highest BCUT2D eigenvalue weighted by Crippen LogP contribution is 2.13. The minimum atomic E-state index is -0.677. The van der Waals surface area contributed by atoms with E-state index in [1.807, 2.05) is 0 Å². The van der Waals surface area contributed by atoms with Crippen LogP contribution in [0.4, 0.5) is 0 Å². The summed E-state index contributed by atoms with van der Waals surface area (Å²) in [5, 5.41) is 8.81. The fourth-order valence-corrected chi connectivity index (χ4v) is 2.19. The van der Waals surface area contributed by atoms with Gasteiger partial charge in [0.1, 0.15) is 5.54 Å². The quantitative estimate of drug-likeness (QED) is 0.778. The summed E-state index contributed by atoms with van der Waals surface area (Å²) in [5.74, 6) is 0. The highest BCUT2D eigenvalue weighted by Gasteiger charge is 2.23. The van der Waals surface area contributed by atoms with Crippen LogP contribution in [0.3, 0.4) is 0 Å². The average Bonchev–Trinajstić information content (AvgIpc) is 2.16. The standard InChI is InChI=1S/C12H23N3O/c1-10-7-15(8-11(2)16-10)6-4-5-12(3,14)9-13/h10-11H,4-8,14H2,1-3H3/t10-,11+,12?. The molecule has 0 radical (unpaired) electrons. The van der Waals surface area contributed by atoms with Crippen molar-refractivity contribution >= 4 is 0 Å². The predicted molar refractivity (Wildman–Crippen MR) is 63.9 cm³/mol. The zero-order valence-electron chi connectivity index (χ0n) is 10.6. The zero-order valence-corrected chi connectivity index (χ0v) is 10.6. The lowest BCUT2D eigenvalue weighted by Crippen LogP contribution is -2.46. The fraction of sp³-hybridized carbons (Fsp3) is 0.917. The maximum absolute atomic E-state index is 8.81. The molecule has 3 atom stereocenters. The third-order valence-corrected chi connectivity index (χ3v) is 2.92. The molecular weight excluding hydrogens is 202 g/mol. The van der Waals surface area contributed by atoms with Gasteiger partial charge in [0.2, 0.25) is 0 Å². The Bertz CT molecular complexity index is 249. The summed E-state index contributed by atoms with van der Waals surface area (Å²) >= 11 is 0. The number of rotatable bonds is 4. The second kappa shape index (κ2) is 5.62. The maximum atomic E-state index is 8.81. The molecule has 0 aliphatic carbocycles. The van der Waals surface area contributed by atoms with Gasteiger partial charge in [-0.3, -0.25) is 4.90 Å². The number of hydrogen-bond acceptors (Lipinski definition) is 4. The third-order valence-electron chi connectivity index (χ3n) is 2.92. The van der Waals surface area contributed by atoms with Crippen molar-refractivity contribution in [2.75, 3.05) is 19.6 Å². The first-order valence-electron chi connectivity index (χ1n) is 6.01. The third kappa shape index (κ3) is 4.48. The van der Waals surface area contributed by atoms with Crippen LogP contribution >= 0.6 is 0 Å². The minimum absolute atomic E-state index is 0.309. The Morgan fingerprint density at radius 3 is 2.50 bits per heavy atom. The van der Waals surface area contributed by atoms with Crippen LogP contribution in [0, 0.1) is 11.3 Å². The SMILES string of the molecule is C[C@@H]1CN(CCCC(C)(N)C#N)C[C@H](C)O1. The van der Waals surface area contributed by atoms with Crippen LogP contribution in [-0.4, -0.2) is 42.3 Å². The molecule has 4 nitrogen and oxygen atoms in total. The number of hydrogen-bond donors (Lipinski definition) is 1. The van der Waals surface area contributed by atoms with Gasteiger partial charge in [0.15, 0.2) is 0 Å². The van der Waals surface area contributed by atoms with Gasteiger partial charge in [-0.05, 0) is 40.2 Å². The fourth-order valence-electron chi connectivity index (χ4n) is 2.19. The van der Waals surface area contributed by atoms with E-state index in [4.69, 9.17) is 15.7 Å². The van der Waals surface area contributed by atoms with E-state index in [-0.39, 0.29) is 0 Å². The number of morpholine rings is 1. The number of nitrogens with zero attached hydrogens (tertiary/aromatic N) is 2. The molecule has 0 saturated carbocycles. The Morgan fingerprint density at radius 1 is 1.44 bits per heavy atom. The van der Waals surface area contributed by atoms with Gasteiger partial charge in [0.05, 0.1) is 18.3 Å². The van der Waals surface area contributed by atoms with Gasteiger partial charge >= 0.3 is 0 Å². The Labute approximate surface area is 98.4 Å².